The smallest absolute Gasteiger partial charge is 0.242 e. The first kappa shape index (κ1) is 12.9. The fourth-order valence-electron chi connectivity index (χ4n) is 2.08. The first-order valence-corrected chi connectivity index (χ1v) is 6.32. The molecule has 2 aromatic rings. The predicted octanol–water partition coefficient (Wildman–Crippen LogP) is 2.64. The molecular weight excluding hydrogens is 250 g/mol. The molecule has 0 radical (unpaired) electrons. The van der Waals surface area contributed by atoms with Crippen LogP contribution in [-0.2, 0) is 4.79 Å². The van der Waals surface area contributed by atoms with Crippen molar-refractivity contribution in [1.29, 1.82) is 0 Å². The SMILES string of the molecule is CNC(=O)C(C)n1c(C(C)Cl)nc2ccccc21. The monoisotopic (exact) mass is 265 g/mol. The average molecular weight is 266 g/mol. The summed E-state index contributed by atoms with van der Waals surface area (Å²) >= 11 is 6.16. The second-order valence-corrected chi connectivity index (χ2v) is 4.89. The summed E-state index contributed by atoms with van der Waals surface area (Å²) in [5.41, 5.74) is 1.78. The van der Waals surface area contributed by atoms with Gasteiger partial charge in [-0.25, -0.2) is 4.98 Å². The molecule has 1 aromatic carbocycles. The van der Waals surface area contributed by atoms with Crippen LogP contribution in [0.15, 0.2) is 24.3 Å². The van der Waals surface area contributed by atoms with Gasteiger partial charge in [0.25, 0.3) is 0 Å². The second-order valence-electron chi connectivity index (χ2n) is 4.23. The number of carbonyl (C=O) groups is 1. The molecule has 0 aliphatic carbocycles. The van der Waals surface area contributed by atoms with Crippen LogP contribution >= 0.6 is 11.6 Å². The predicted molar refractivity (Wildman–Crippen MR) is 72.8 cm³/mol. The Hall–Kier alpha value is -1.55. The van der Waals surface area contributed by atoms with Gasteiger partial charge in [0, 0.05) is 7.05 Å². The number of nitrogens with one attached hydrogen (secondary N) is 1. The number of fused-ring (bicyclic) bond motifs is 1. The van der Waals surface area contributed by atoms with Gasteiger partial charge >= 0.3 is 0 Å². The van der Waals surface area contributed by atoms with E-state index in [1.165, 1.54) is 0 Å². The molecule has 0 aliphatic rings. The Bertz CT molecular complexity index is 577. The lowest BCUT2D eigenvalue weighted by molar-refractivity contribution is -0.123. The van der Waals surface area contributed by atoms with Gasteiger partial charge < -0.3 is 9.88 Å². The molecule has 1 amide bonds. The zero-order chi connectivity index (χ0) is 13.3. The van der Waals surface area contributed by atoms with Gasteiger partial charge in [-0.1, -0.05) is 12.1 Å². The van der Waals surface area contributed by atoms with Crippen molar-refractivity contribution in [3.63, 3.8) is 0 Å². The van der Waals surface area contributed by atoms with Crippen LogP contribution in [0.5, 0.6) is 0 Å². The quantitative estimate of drug-likeness (QED) is 0.868. The fraction of sp³-hybridized carbons (Fsp3) is 0.385. The van der Waals surface area contributed by atoms with Crippen molar-refractivity contribution in [2.45, 2.75) is 25.3 Å². The van der Waals surface area contributed by atoms with Gasteiger partial charge in [0.15, 0.2) is 0 Å². The van der Waals surface area contributed by atoms with Crippen molar-refractivity contribution < 1.29 is 4.79 Å². The Labute approximate surface area is 111 Å². The summed E-state index contributed by atoms with van der Waals surface area (Å²) in [5.74, 6) is 0.658. The molecular formula is C13H16ClN3O. The third-order valence-corrected chi connectivity index (χ3v) is 3.19. The number of hydrogen-bond acceptors (Lipinski definition) is 2. The molecule has 0 saturated heterocycles. The summed E-state index contributed by atoms with van der Waals surface area (Å²) in [4.78, 5) is 16.3. The maximum absolute atomic E-state index is 11.8. The number of alkyl halides is 1. The highest BCUT2D eigenvalue weighted by Crippen LogP contribution is 2.27. The van der Waals surface area contributed by atoms with E-state index in [-0.39, 0.29) is 17.3 Å². The van der Waals surface area contributed by atoms with Gasteiger partial charge in [-0.3, -0.25) is 4.79 Å². The molecule has 96 valence electrons. The summed E-state index contributed by atoms with van der Waals surface area (Å²) in [6.45, 7) is 3.70. The fourth-order valence-corrected chi connectivity index (χ4v) is 2.23. The Morgan fingerprint density at radius 1 is 1.39 bits per heavy atom. The summed E-state index contributed by atoms with van der Waals surface area (Å²) in [7, 11) is 1.63. The van der Waals surface area contributed by atoms with Gasteiger partial charge in [0.2, 0.25) is 5.91 Å². The maximum atomic E-state index is 11.8. The minimum Gasteiger partial charge on any atom is -0.357 e. The molecule has 0 aliphatic heterocycles. The van der Waals surface area contributed by atoms with E-state index < -0.39 is 0 Å². The zero-order valence-corrected chi connectivity index (χ0v) is 11.4. The third-order valence-electron chi connectivity index (χ3n) is 2.99. The van der Waals surface area contributed by atoms with Gasteiger partial charge in [0.05, 0.1) is 16.4 Å². The summed E-state index contributed by atoms with van der Waals surface area (Å²) in [6.07, 6.45) is 0. The van der Waals surface area contributed by atoms with Crippen LogP contribution in [-0.4, -0.2) is 22.5 Å². The minimum atomic E-state index is -0.335. The molecule has 0 spiro atoms. The van der Waals surface area contributed by atoms with Crippen molar-refractivity contribution in [3.8, 4) is 0 Å². The molecule has 0 saturated carbocycles. The van der Waals surface area contributed by atoms with Crippen molar-refractivity contribution >= 4 is 28.5 Å². The normalized spacial score (nSPS) is 14.4. The van der Waals surface area contributed by atoms with E-state index in [0.29, 0.717) is 5.82 Å². The number of likely N-dealkylation sites (N-methyl/N-ethyl adjacent to an activating group) is 1. The van der Waals surface area contributed by atoms with Crippen molar-refractivity contribution in [3.05, 3.63) is 30.1 Å². The summed E-state index contributed by atoms with van der Waals surface area (Å²) in [6, 6.07) is 7.39. The Kier molecular flexibility index (Phi) is 3.57. The Morgan fingerprint density at radius 3 is 2.67 bits per heavy atom. The molecule has 0 bridgehead atoms. The van der Waals surface area contributed by atoms with E-state index in [2.05, 4.69) is 10.3 Å². The Morgan fingerprint density at radius 2 is 2.06 bits per heavy atom. The number of benzene rings is 1. The highest BCUT2D eigenvalue weighted by molar-refractivity contribution is 6.20. The van der Waals surface area contributed by atoms with Crippen LogP contribution in [0.4, 0.5) is 0 Å². The first-order valence-electron chi connectivity index (χ1n) is 5.88. The molecule has 18 heavy (non-hydrogen) atoms. The van der Waals surface area contributed by atoms with Crippen LogP contribution < -0.4 is 5.32 Å². The van der Waals surface area contributed by atoms with E-state index in [0.717, 1.165) is 11.0 Å². The van der Waals surface area contributed by atoms with Crippen LogP contribution in [0.25, 0.3) is 11.0 Å². The summed E-state index contributed by atoms with van der Waals surface area (Å²) in [5, 5.41) is 2.41. The second kappa shape index (κ2) is 4.98. The lowest BCUT2D eigenvalue weighted by Gasteiger charge is -2.17. The Balaban J connectivity index is 2.65. The molecule has 5 heteroatoms. The van der Waals surface area contributed by atoms with E-state index in [1.807, 2.05) is 42.7 Å². The molecule has 1 heterocycles. The minimum absolute atomic E-state index is 0.0586. The number of nitrogens with zero attached hydrogens (tertiary/aromatic N) is 2. The number of halogens is 1. The van der Waals surface area contributed by atoms with Crippen LogP contribution in [0.2, 0.25) is 0 Å². The molecule has 2 atom stereocenters. The third kappa shape index (κ3) is 2.08. The van der Waals surface area contributed by atoms with E-state index in [1.54, 1.807) is 7.05 Å². The number of hydrogen-bond donors (Lipinski definition) is 1. The molecule has 0 fully saturated rings. The maximum Gasteiger partial charge on any atom is 0.242 e. The van der Waals surface area contributed by atoms with Gasteiger partial charge in [-0.05, 0) is 26.0 Å². The van der Waals surface area contributed by atoms with Gasteiger partial charge in [-0.15, -0.1) is 11.6 Å². The van der Waals surface area contributed by atoms with Crippen molar-refractivity contribution in [2.24, 2.45) is 0 Å². The number of aromatic nitrogens is 2. The van der Waals surface area contributed by atoms with Crippen molar-refractivity contribution in [2.75, 3.05) is 7.05 Å². The van der Waals surface area contributed by atoms with E-state index in [9.17, 15) is 4.79 Å². The molecule has 2 rings (SSSR count). The van der Waals surface area contributed by atoms with Gasteiger partial charge in [0.1, 0.15) is 11.9 Å². The number of carbonyl (C=O) groups excluding carboxylic acids is 1. The zero-order valence-electron chi connectivity index (χ0n) is 10.6. The number of para-hydroxylation sites is 2. The first-order chi connectivity index (χ1) is 8.56. The topological polar surface area (TPSA) is 46.9 Å². The van der Waals surface area contributed by atoms with Crippen LogP contribution in [0, 0.1) is 0 Å². The van der Waals surface area contributed by atoms with Gasteiger partial charge in [-0.2, -0.15) is 0 Å². The summed E-state index contributed by atoms with van der Waals surface area (Å²) < 4.78 is 1.89. The van der Waals surface area contributed by atoms with Crippen molar-refractivity contribution in [1.82, 2.24) is 14.9 Å². The largest absolute Gasteiger partial charge is 0.357 e. The highest BCUT2D eigenvalue weighted by Gasteiger charge is 2.22. The van der Waals surface area contributed by atoms with E-state index >= 15 is 0 Å². The molecule has 1 aromatic heterocycles. The molecule has 1 N–H and O–H groups in total. The van der Waals surface area contributed by atoms with Crippen LogP contribution in [0.3, 0.4) is 0 Å². The lowest BCUT2D eigenvalue weighted by atomic mass is 10.2. The van der Waals surface area contributed by atoms with E-state index in [4.69, 9.17) is 11.6 Å². The van der Waals surface area contributed by atoms with Crippen LogP contribution in [0.1, 0.15) is 31.1 Å². The molecule has 4 nitrogen and oxygen atoms in total. The highest BCUT2D eigenvalue weighted by atomic mass is 35.5. The molecule has 2 unspecified atom stereocenters. The number of amides is 1. The standard InChI is InChI=1S/C13H16ClN3O/c1-8(14)12-16-10-6-4-5-7-11(10)17(12)9(2)13(18)15-3/h4-9H,1-3H3,(H,15,18). The number of rotatable bonds is 3. The number of imidazole rings is 1. The lowest BCUT2D eigenvalue weighted by Crippen LogP contribution is -2.28. The average Bonchev–Trinajstić information content (AvgIpc) is 2.76.